The van der Waals surface area contributed by atoms with Gasteiger partial charge >= 0.3 is 0 Å². The molecule has 0 aliphatic carbocycles. The summed E-state index contributed by atoms with van der Waals surface area (Å²) in [6, 6.07) is 12.8. The number of rotatable bonds is 7. The molecule has 5 rings (SSSR count). The molecule has 180 valence electrons. The molecule has 1 aliphatic heterocycles. The van der Waals surface area contributed by atoms with Crippen molar-refractivity contribution in [3.63, 3.8) is 0 Å². The van der Waals surface area contributed by atoms with E-state index in [1.807, 2.05) is 6.92 Å². The van der Waals surface area contributed by atoms with Gasteiger partial charge in [0.15, 0.2) is 17.3 Å². The predicted octanol–water partition coefficient (Wildman–Crippen LogP) is 5.49. The zero-order chi connectivity index (χ0) is 24.5. The summed E-state index contributed by atoms with van der Waals surface area (Å²) in [6.45, 7) is 4.29. The third-order valence-corrected chi connectivity index (χ3v) is 5.92. The first-order chi connectivity index (χ1) is 16.9. The Hall–Kier alpha value is -3.98. The van der Waals surface area contributed by atoms with Gasteiger partial charge in [-0.1, -0.05) is 17.7 Å². The Morgan fingerprint density at radius 2 is 1.97 bits per heavy atom. The minimum absolute atomic E-state index is 0.140. The quantitative estimate of drug-likeness (QED) is 0.363. The Balaban J connectivity index is 1.24. The monoisotopic (exact) mass is 497 g/mol. The molecule has 0 spiro atoms. The maximum atomic E-state index is 13.3. The minimum atomic E-state index is -0.412. The van der Waals surface area contributed by atoms with Crippen molar-refractivity contribution in [1.82, 2.24) is 9.78 Å². The Morgan fingerprint density at radius 1 is 1.14 bits per heavy atom. The highest BCUT2D eigenvalue weighted by Gasteiger charge is 2.19. The number of carbonyl (C=O) groups is 1. The molecule has 2 aromatic carbocycles. The lowest BCUT2D eigenvalue weighted by Crippen LogP contribution is -2.12. The van der Waals surface area contributed by atoms with Crippen molar-refractivity contribution in [2.45, 2.75) is 27.0 Å². The molecule has 1 N–H and O–H groups in total. The molecular formula is C25H21ClFN3O5. The van der Waals surface area contributed by atoms with Gasteiger partial charge in [0.05, 0.1) is 23.6 Å². The zero-order valence-corrected chi connectivity index (χ0v) is 19.7. The van der Waals surface area contributed by atoms with E-state index in [1.165, 1.54) is 12.1 Å². The van der Waals surface area contributed by atoms with Crippen LogP contribution in [0.2, 0.25) is 5.02 Å². The van der Waals surface area contributed by atoms with E-state index in [0.717, 1.165) is 11.3 Å². The van der Waals surface area contributed by atoms with E-state index in [0.29, 0.717) is 46.0 Å². The van der Waals surface area contributed by atoms with E-state index >= 15 is 0 Å². The van der Waals surface area contributed by atoms with Gasteiger partial charge in [-0.3, -0.25) is 9.48 Å². The van der Waals surface area contributed by atoms with Crippen LogP contribution in [0.15, 0.2) is 52.9 Å². The lowest BCUT2D eigenvalue weighted by molar-refractivity contribution is 0.0992. The number of carbonyl (C=O) groups excluding carboxylic acids is 1. The Bertz CT molecular complexity index is 1410. The standard InChI is InChI=1S/C25H21ClFN3O5/c1-14-24(15(2)30(29-14)11-16-3-4-17(27)9-20(16)26)28-25(31)22-8-6-19(35-22)12-32-18-5-7-21-23(10-18)34-13-33-21/h3-10H,11-13H2,1-2H3,(H,28,31). The van der Waals surface area contributed by atoms with Crippen molar-refractivity contribution in [3.8, 4) is 17.2 Å². The fourth-order valence-electron chi connectivity index (χ4n) is 3.72. The van der Waals surface area contributed by atoms with Gasteiger partial charge in [0, 0.05) is 11.1 Å². The van der Waals surface area contributed by atoms with E-state index in [2.05, 4.69) is 10.4 Å². The van der Waals surface area contributed by atoms with Crippen LogP contribution in [0.3, 0.4) is 0 Å². The molecule has 1 amide bonds. The molecule has 0 unspecified atom stereocenters. The van der Waals surface area contributed by atoms with Crippen molar-refractivity contribution >= 4 is 23.2 Å². The van der Waals surface area contributed by atoms with Crippen LogP contribution in [-0.2, 0) is 13.2 Å². The summed E-state index contributed by atoms with van der Waals surface area (Å²) >= 11 is 6.15. The number of anilines is 1. The average molecular weight is 498 g/mol. The van der Waals surface area contributed by atoms with Crippen LogP contribution in [-0.4, -0.2) is 22.5 Å². The van der Waals surface area contributed by atoms with E-state index < -0.39 is 11.7 Å². The fraction of sp³-hybridized carbons (Fsp3) is 0.200. The molecule has 0 saturated carbocycles. The number of benzene rings is 2. The van der Waals surface area contributed by atoms with Gasteiger partial charge < -0.3 is 23.9 Å². The lowest BCUT2D eigenvalue weighted by Gasteiger charge is -2.08. The summed E-state index contributed by atoms with van der Waals surface area (Å²) in [7, 11) is 0. The highest BCUT2D eigenvalue weighted by Crippen LogP contribution is 2.35. The number of ether oxygens (including phenoxy) is 3. The third kappa shape index (κ3) is 4.81. The number of fused-ring (bicyclic) bond motifs is 1. The summed E-state index contributed by atoms with van der Waals surface area (Å²) in [6.07, 6.45) is 0. The third-order valence-electron chi connectivity index (χ3n) is 5.57. The van der Waals surface area contributed by atoms with Crippen LogP contribution in [0.1, 0.15) is 33.3 Å². The van der Waals surface area contributed by atoms with Gasteiger partial charge in [-0.05, 0) is 55.8 Å². The normalized spacial score (nSPS) is 12.1. The van der Waals surface area contributed by atoms with Gasteiger partial charge in [-0.2, -0.15) is 5.10 Å². The van der Waals surface area contributed by atoms with Gasteiger partial charge in [-0.15, -0.1) is 0 Å². The zero-order valence-electron chi connectivity index (χ0n) is 18.9. The molecule has 0 fully saturated rings. The van der Waals surface area contributed by atoms with Gasteiger partial charge in [-0.25, -0.2) is 4.39 Å². The first kappa shape index (κ1) is 22.8. The van der Waals surface area contributed by atoms with Gasteiger partial charge in [0.25, 0.3) is 5.91 Å². The fourth-order valence-corrected chi connectivity index (χ4v) is 3.94. The minimum Gasteiger partial charge on any atom is -0.486 e. The maximum absolute atomic E-state index is 13.3. The number of furan rings is 1. The molecule has 35 heavy (non-hydrogen) atoms. The number of hydrogen-bond donors (Lipinski definition) is 1. The second-order valence-electron chi connectivity index (χ2n) is 7.96. The van der Waals surface area contributed by atoms with Crippen LogP contribution in [0.4, 0.5) is 10.1 Å². The number of amides is 1. The number of nitrogens with zero attached hydrogens (tertiary/aromatic N) is 2. The van der Waals surface area contributed by atoms with Crippen molar-refractivity contribution in [2.24, 2.45) is 0 Å². The first-order valence-corrected chi connectivity index (χ1v) is 11.2. The first-order valence-electron chi connectivity index (χ1n) is 10.8. The largest absolute Gasteiger partial charge is 0.486 e. The summed E-state index contributed by atoms with van der Waals surface area (Å²) in [5.74, 6) is 1.70. The summed E-state index contributed by atoms with van der Waals surface area (Å²) in [5.41, 5.74) is 2.65. The van der Waals surface area contributed by atoms with E-state index in [-0.39, 0.29) is 19.2 Å². The highest BCUT2D eigenvalue weighted by atomic mass is 35.5. The maximum Gasteiger partial charge on any atom is 0.291 e. The molecule has 3 heterocycles. The molecule has 2 aromatic heterocycles. The summed E-state index contributed by atoms with van der Waals surface area (Å²) in [5, 5.41) is 7.66. The molecule has 1 aliphatic rings. The van der Waals surface area contributed by atoms with Crippen LogP contribution in [0, 0.1) is 19.7 Å². The molecule has 0 bridgehead atoms. The Labute approximate surface area is 205 Å². The number of halogens is 2. The van der Waals surface area contributed by atoms with Crippen molar-refractivity contribution in [3.05, 3.63) is 87.8 Å². The second-order valence-corrected chi connectivity index (χ2v) is 8.37. The molecular weight excluding hydrogens is 477 g/mol. The van der Waals surface area contributed by atoms with Crippen LogP contribution < -0.4 is 19.5 Å². The van der Waals surface area contributed by atoms with Crippen molar-refractivity contribution < 1.29 is 27.8 Å². The Kier molecular flexibility index (Phi) is 6.08. The SMILES string of the molecule is Cc1nn(Cc2ccc(F)cc2Cl)c(C)c1NC(=O)c1ccc(COc2ccc3c(c2)OCO3)o1. The van der Waals surface area contributed by atoms with Gasteiger partial charge in [0.2, 0.25) is 6.79 Å². The van der Waals surface area contributed by atoms with Crippen molar-refractivity contribution in [2.75, 3.05) is 12.1 Å². The number of hydrogen-bond acceptors (Lipinski definition) is 6. The van der Waals surface area contributed by atoms with E-state index in [4.69, 9.17) is 30.2 Å². The number of aromatic nitrogens is 2. The number of nitrogens with one attached hydrogen (secondary N) is 1. The molecule has 8 nitrogen and oxygen atoms in total. The molecule has 0 radical (unpaired) electrons. The Morgan fingerprint density at radius 3 is 2.80 bits per heavy atom. The summed E-state index contributed by atoms with van der Waals surface area (Å²) in [4.78, 5) is 12.8. The van der Waals surface area contributed by atoms with Crippen LogP contribution in [0.25, 0.3) is 0 Å². The van der Waals surface area contributed by atoms with Crippen LogP contribution in [0.5, 0.6) is 17.2 Å². The van der Waals surface area contributed by atoms with E-state index in [9.17, 15) is 9.18 Å². The van der Waals surface area contributed by atoms with Crippen LogP contribution >= 0.6 is 11.6 Å². The smallest absolute Gasteiger partial charge is 0.291 e. The number of aryl methyl sites for hydroxylation is 1. The molecule has 4 aromatic rings. The molecule has 0 saturated heterocycles. The topological polar surface area (TPSA) is 87.8 Å². The molecule has 10 heteroatoms. The summed E-state index contributed by atoms with van der Waals surface area (Å²) < 4.78 is 37.1. The predicted molar refractivity (Wildman–Crippen MR) is 126 cm³/mol. The van der Waals surface area contributed by atoms with Gasteiger partial charge in [0.1, 0.15) is 23.9 Å². The highest BCUT2D eigenvalue weighted by molar-refractivity contribution is 6.31. The lowest BCUT2D eigenvalue weighted by atomic mass is 10.2. The van der Waals surface area contributed by atoms with Crippen molar-refractivity contribution in [1.29, 1.82) is 0 Å². The average Bonchev–Trinajstić information content (AvgIpc) is 3.55. The van der Waals surface area contributed by atoms with E-state index in [1.54, 1.807) is 48.0 Å². The second kappa shape index (κ2) is 9.34. The molecule has 0 atom stereocenters.